The molecule has 0 spiro atoms. The van der Waals surface area contributed by atoms with Crippen LogP contribution in [0.15, 0.2) is 154 Å². The third-order valence-corrected chi connectivity index (χ3v) is 12.8. The number of hydrogen-bond donors (Lipinski definition) is 0. The predicted octanol–water partition coefficient (Wildman–Crippen LogP) is 13.0. The molecule has 0 bridgehead atoms. The number of rotatable bonds is 3. The van der Waals surface area contributed by atoms with Crippen molar-refractivity contribution in [1.82, 2.24) is 0 Å². The lowest BCUT2D eigenvalue weighted by molar-refractivity contribution is 0.540. The van der Waals surface area contributed by atoms with E-state index in [4.69, 9.17) is 0 Å². The Labute approximate surface area is 291 Å². The molecular formula is C49H44. The third kappa shape index (κ3) is 4.64. The van der Waals surface area contributed by atoms with Gasteiger partial charge in [-0.15, -0.1) is 0 Å². The van der Waals surface area contributed by atoms with Gasteiger partial charge in [0.05, 0.1) is 0 Å². The Bertz CT molecular complexity index is 2300. The second-order valence-electron chi connectivity index (χ2n) is 15.7. The number of allylic oxidation sites excluding steroid dienone is 14. The van der Waals surface area contributed by atoms with Gasteiger partial charge in [-0.2, -0.15) is 0 Å². The minimum atomic E-state index is 0.0960. The van der Waals surface area contributed by atoms with E-state index >= 15 is 0 Å². The van der Waals surface area contributed by atoms with Crippen LogP contribution in [0.25, 0.3) is 33.0 Å². The van der Waals surface area contributed by atoms with E-state index in [0.717, 1.165) is 25.7 Å². The van der Waals surface area contributed by atoms with Gasteiger partial charge in [-0.3, -0.25) is 0 Å². The molecule has 0 heterocycles. The quantitative estimate of drug-likeness (QED) is 0.211. The van der Waals surface area contributed by atoms with Crippen LogP contribution in [-0.4, -0.2) is 0 Å². The molecule has 10 rings (SSSR count). The Morgan fingerprint density at radius 2 is 1.31 bits per heavy atom. The predicted molar refractivity (Wildman–Crippen MR) is 207 cm³/mol. The molecule has 0 N–H and O–H groups in total. The largest absolute Gasteiger partial charge is 0.0622 e. The van der Waals surface area contributed by atoms with Gasteiger partial charge in [-0.1, -0.05) is 123 Å². The summed E-state index contributed by atoms with van der Waals surface area (Å²) in [7, 11) is 0. The number of fused-ring (bicyclic) bond motifs is 7. The maximum atomic E-state index is 2.61. The summed E-state index contributed by atoms with van der Waals surface area (Å²) in [6.07, 6.45) is 23.3. The van der Waals surface area contributed by atoms with Crippen molar-refractivity contribution in [2.75, 3.05) is 0 Å². The number of hydrogen-bond acceptors (Lipinski definition) is 0. The van der Waals surface area contributed by atoms with Gasteiger partial charge in [-0.05, 0) is 164 Å². The lowest BCUT2D eigenvalue weighted by Gasteiger charge is -2.33. The first-order valence-electron chi connectivity index (χ1n) is 18.7. The molecule has 6 aliphatic carbocycles. The van der Waals surface area contributed by atoms with Crippen LogP contribution >= 0.6 is 0 Å². The lowest BCUT2D eigenvalue weighted by atomic mass is 9.71. The SMILES string of the molecule is CC1(C)C2=C(CCC(C3=CC4=CC=C(C5=CC6=C(CC5)c5c(cc(-c7ccccc7)c7ccccc57)CC6)CC4CC3)=C2)c2ccccc21. The molecule has 0 saturated carbocycles. The first-order valence-corrected chi connectivity index (χ1v) is 18.7. The Morgan fingerprint density at radius 3 is 2.18 bits per heavy atom. The zero-order valence-corrected chi connectivity index (χ0v) is 28.9. The molecule has 0 heteroatoms. The van der Waals surface area contributed by atoms with E-state index in [-0.39, 0.29) is 5.41 Å². The molecule has 4 aromatic rings. The third-order valence-electron chi connectivity index (χ3n) is 12.8. The zero-order chi connectivity index (χ0) is 32.7. The first-order chi connectivity index (χ1) is 24.0. The molecule has 0 fully saturated rings. The van der Waals surface area contributed by atoms with Crippen molar-refractivity contribution in [3.8, 4) is 11.1 Å². The van der Waals surface area contributed by atoms with Gasteiger partial charge in [-0.25, -0.2) is 0 Å². The summed E-state index contributed by atoms with van der Waals surface area (Å²) in [5, 5.41) is 2.81. The van der Waals surface area contributed by atoms with Crippen LogP contribution in [-0.2, 0) is 11.8 Å². The molecule has 0 saturated heterocycles. The van der Waals surface area contributed by atoms with Gasteiger partial charge >= 0.3 is 0 Å². The Morgan fingerprint density at radius 1 is 0.571 bits per heavy atom. The summed E-state index contributed by atoms with van der Waals surface area (Å²) in [6.45, 7) is 4.84. The van der Waals surface area contributed by atoms with Crippen molar-refractivity contribution < 1.29 is 0 Å². The highest BCUT2D eigenvalue weighted by molar-refractivity contribution is 6.05. The maximum absolute atomic E-state index is 2.61. The van der Waals surface area contributed by atoms with Gasteiger partial charge in [0.25, 0.3) is 0 Å². The highest BCUT2D eigenvalue weighted by atomic mass is 14.4. The van der Waals surface area contributed by atoms with Crippen molar-refractivity contribution in [3.05, 3.63) is 177 Å². The van der Waals surface area contributed by atoms with Crippen molar-refractivity contribution in [2.45, 2.75) is 77.0 Å². The molecule has 240 valence electrons. The fraction of sp³-hybridized carbons (Fsp3) is 0.265. The zero-order valence-electron chi connectivity index (χ0n) is 28.9. The molecule has 6 aliphatic rings. The van der Waals surface area contributed by atoms with Crippen LogP contribution in [0, 0.1) is 5.92 Å². The average molecular weight is 633 g/mol. The molecule has 49 heavy (non-hydrogen) atoms. The topological polar surface area (TPSA) is 0 Å². The van der Waals surface area contributed by atoms with Crippen molar-refractivity contribution >= 4 is 21.9 Å². The van der Waals surface area contributed by atoms with Crippen LogP contribution in [0.2, 0.25) is 0 Å². The summed E-state index contributed by atoms with van der Waals surface area (Å²) in [4.78, 5) is 0. The second-order valence-corrected chi connectivity index (χ2v) is 15.7. The fourth-order valence-corrected chi connectivity index (χ4v) is 10.2. The highest BCUT2D eigenvalue weighted by Crippen LogP contribution is 2.53. The molecule has 0 aliphatic heterocycles. The minimum Gasteiger partial charge on any atom is -0.0622 e. The normalized spacial score (nSPS) is 22.2. The van der Waals surface area contributed by atoms with Crippen LogP contribution in [0.4, 0.5) is 0 Å². The average Bonchev–Trinajstić information content (AvgIpc) is 3.39. The van der Waals surface area contributed by atoms with Gasteiger partial charge < -0.3 is 0 Å². The molecule has 1 atom stereocenters. The van der Waals surface area contributed by atoms with Crippen LogP contribution in [0.1, 0.15) is 87.5 Å². The van der Waals surface area contributed by atoms with Gasteiger partial charge in [0, 0.05) is 5.41 Å². The Hall–Kier alpha value is -4.68. The molecule has 0 aromatic heterocycles. The fourth-order valence-electron chi connectivity index (χ4n) is 10.2. The maximum Gasteiger partial charge on any atom is 0.0155 e. The molecule has 4 aromatic carbocycles. The summed E-state index contributed by atoms with van der Waals surface area (Å²) in [6, 6.07) is 31.7. The van der Waals surface area contributed by atoms with Crippen LogP contribution < -0.4 is 0 Å². The smallest absolute Gasteiger partial charge is 0.0155 e. The van der Waals surface area contributed by atoms with E-state index in [2.05, 4.69) is 129 Å². The lowest BCUT2D eigenvalue weighted by Crippen LogP contribution is -2.18. The van der Waals surface area contributed by atoms with Crippen molar-refractivity contribution in [2.24, 2.45) is 5.92 Å². The second kappa shape index (κ2) is 11.2. The van der Waals surface area contributed by atoms with Crippen LogP contribution in [0.3, 0.4) is 0 Å². The first kappa shape index (κ1) is 29.3. The van der Waals surface area contributed by atoms with Crippen molar-refractivity contribution in [1.29, 1.82) is 0 Å². The molecule has 0 amide bonds. The summed E-state index contributed by atoms with van der Waals surface area (Å²) in [5.41, 5.74) is 23.1. The Balaban J connectivity index is 0.952. The molecule has 0 nitrogen and oxygen atoms in total. The van der Waals surface area contributed by atoms with Crippen LogP contribution in [0.5, 0.6) is 0 Å². The summed E-state index contributed by atoms with van der Waals surface area (Å²) < 4.78 is 0. The van der Waals surface area contributed by atoms with E-state index in [1.165, 1.54) is 76.3 Å². The molecular weight excluding hydrogens is 589 g/mol. The Kier molecular flexibility index (Phi) is 6.67. The molecule has 0 radical (unpaired) electrons. The number of benzene rings is 4. The standard InChI is InChI=1S/C49H44/c1-49(2)46-15-9-8-13-42(46)43-25-23-37(30-47(43)49)35-19-18-32-26-34(17-16-33(32)27-35)36-22-24-40-38(28-36)20-21-39-29-45(31-10-4-3-5-11-31)41-12-6-7-14-44(41)48(39)40/h3-17,27-30,32H,18-26H2,1-2H3. The van der Waals surface area contributed by atoms with Gasteiger partial charge in [0.1, 0.15) is 0 Å². The van der Waals surface area contributed by atoms with E-state index < -0.39 is 0 Å². The van der Waals surface area contributed by atoms with E-state index in [9.17, 15) is 0 Å². The highest BCUT2D eigenvalue weighted by Gasteiger charge is 2.38. The van der Waals surface area contributed by atoms with E-state index in [1.807, 2.05) is 0 Å². The number of aryl methyl sites for hydroxylation is 1. The van der Waals surface area contributed by atoms with Crippen molar-refractivity contribution in [3.63, 3.8) is 0 Å². The minimum absolute atomic E-state index is 0.0960. The van der Waals surface area contributed by atoms with Gasteiger partial charge in [0.2, 0.25) is 0 Å². The summed E-state index contributed by atoms with van der Waals surface area (Å²) in [5.74, 6) is 0.651. The van der Waals surface area contributed by atoms with E-state index in [0.29, 0.717) is 5.92 Å². The molecule has 1 unspecified atom stereocenters. The van der Waals surface area contributed by atoms with Gasteiger partial charge in [0.15, 0.2) is 0 Å². The summed E-state index contributed by atoms with van der Waals surface area (Å²) >= 11 is 0. The van der Waals surface area contributed by atoms with E-state index in [1.54, 1.807) is 50.2 Å². The monoisotopic (exact) mass is 632 g/mol.